The van der Waals surface area contributed by atoms with Gasteiger partial charge in [-0.05, 0) is 30.7 Å². The smallest absolute Gasteiger partial charge is 0.387 e. The van der Waals surface area contributed by atoms with Gasteiger partial charge in [-0.3, -0.25) is 0 Å². The van der Waals surface area contributed by atoms with Crippen molar-refractivity contribution in [1.82, 2.24) is 0 Å². The van der Waals surface area contributed by atoms with E-state index in [9.17, 15) is 8.78 Å². The second-order valence-corrected chi connectivity index (χ2v) is 5.12. The van der Waals surface area contributed by atoms with E-state index in [1.54, 1.807) is 30.8 Å². The molecule has 0 aliphatic carbocycles. The van der Waals surface area contributed by atoms with E-state index in [2.05, 4.69) is 18.6 Å². The number of rotatable bonds is 4. The molecule has 1 aromatic carbocycles. The van der Waals surface area contributed by atoms with Crippen molar-refractivity contribution >= 4 is 11.8 Å². The van der Waals surface area contributed by atoms with E-state index in [1.165, 1.54) is 0 Å². The molecule has 0 bridgehead atoms. The molecular weight excluding hydrogens is 218 g/mol. The SMILES string of the molecule is Cc1cc(SC(C)C)ccc1OC(F)F. The molecule has 0 aliphatic rings. The van der Waals surface area contributed by atoms with E-state index in [0.717, 1.165) is 10.5 Å². The Labute approximate surface area is 92.8 Å². The lowest BCUT2D eigenvalue weighted by Gasteiger charge is -2.10. The number of aryl methyl sites for hydroxylation is 1. The quantitative estimate of drug-likeness (QED) is 0.723. The van der Waals surface area contributed by atoms with Crippen LogP contribution in [0.15, 0.2) is 23.1 Å². The fraction of sp³-hybridized carbons (Fsp3) is 0.455. The first kappa shape index (κ1) is 12.3. The van der Waals surface area contributed by atoms with Crippen molar-refractivity contribution in [2.45, 2.75) is 37.5 Å². The van der Waals surface area contributed by atoms with Gasteiger partial charge in [0.1, 0.15) is 5.75 Å². The number of thioether (sulfide) groups is 1. The molecule has 0 heterocycles. The number of halogens is 2. The topological polar surface area (TPSA) is 9.23 Å². The highest BCUT2D eigenvalue weighted by Gasteiger charge is 2.08. The summed E-state index contributed by atoms with van der Waals surface area (Å²) in [5.41, 5.74) is 0.737. The van der Waals surface area contributed by atoms with Crippen LogP contribution in [0.1, 0.15) is 19.4 Å². The Morgan fingerprint density at radius 2 is 1.93 bits per heavy atom. The van der Waals surface area contributed by atoms with E-state index in [0.29, 0.717) is 5.25 Å². The average molecular weight is 232 g/mol. The molecule has 0 saturated heterocycles. The zero-order chi connectivity index (χ0) is 11.4. The lowest BCUT2D eigenvalue weighted by Crippen LogP contribution is -2.03. The van der Waals surface area contributed by atoms with Gasteiger partial charge < -0.3 is 4.74 Å². The fourth-order valence-electron chi connectivity index (χ4n) is 1.20. The van der Waals surface area contributed by atoms with Gasteiger partial charge in [0, 0.05) is 10.1 Å². The summed E-state index contributed by atoms with van der Waals surface area (Å²) in [6.07, 6.45) is 0. The molecule has 0 atom stereocenters. The van der Waals surface area contributed by atoms with Crippen molar-refractivity contribution < 1.29 is 13.5 Å². The summed E-state index contributed by atoms with van der Waals surface area (Å²) in [5.74, 6) is 0.248. The van der Waals surface area contributed by atoms with Crippen molar-refractivity contribution in [2.75, 3.05) is 0 Å². The maximum atomic E-state index is 12.0. The number of ether oxygens (including phenoxy) is 1. The molecule has 4 heteroatoms. The van der Waals surface area contributed by atoms with Crippen LogP contribution in [-0.4, -0.2) is 11.9 Å². The van der Waals surface area contributed by atoms with Gasteiger partial charge >= 0.3 is 6.61 Å². The number of hydrogen-bond donors (Lipinski definition) is 0. The standard InChI is InChI=1S/C11H14F2OS/c1-7(2)15-9-4-5-10(8(3)6-9)14-11(12)13/h4-7,11H,1-3H3. The van der Waals surface area contributed by atoms with Crippen LogP contribution in [0.5, 0.6) is 5.75 Å². The Morgan fingerprint density at radius 3 is 2.40 bits per heavy atom. The van der Waals surface area contributed by atoms with Crippen molar-refractivity contribution in [3.63, 3.8) is 0 Å². The molecule has 1 aromatic rings. The zero-order valence-corrected chi connectivity index (χ0v) is 9.78. The highest BCUT2D eigenvalue weighted by atomic mass is 32.2. The van der Waals surface area contributed by atoms with Crippen molar-refractivity contribution in [2.24, 2.45) is 0 Å². The van der Waals surface area contributed by atoms with Gasteiger partial charge in [0.2, 0.25) is 0 Å². The van der Waals surface area contributed by atoms with Gasteiger partial charge in [0.15, 0.2) is 0 Å². The van der Waals surface area contributed by atoms with Gasteiger partial charge in [-0.15, -0.1) is 11.8 Å². The largest absolute Gasteiger partial charge is 0.435 e. The molecule has 1 nitrogen and oxygen atoms in total. The molecule has 15 heavy (non-hydrogen) atoms. The van der Waals surface area contributed by atoms with Gasteiger partial charge in [-0.1, -0.05) is 13.8 Å². The summed E-state index contributed by atoms with van der Waals surface area (Å²) >= 11 is 1.70. The third-order valence-electron chi connectivity index (χ3n) is 1.73. The third-order valence-corrected chi connectivity index (χ3v) is 2.73. The summed E-state index contributed by atoms with van der Waals surface area (Å²) < 4.78 is 28.3. The summed E-state index contributed by atoms with van der Waals surface area (Å²) in [6.45, 7) is 3.18. The highest BCUT2D eigenvalue weighted by molar-refractivity contribution is 7.99. The summed E-state index contributed by atoms with van der Waals surface area (Å²) in [7, 11) is 0. The van der Waals surface area contributed by atoms with Gasteiger partial charge in [-0.2, -0.15) is 8.78 Å². The maximum Gasteiger partial charge on any atom is 0.387 e. The molecule has 0 spiro atoms. The summed E-state index contributed by atoms with van der Waals surface area (Å²) in [5, 5.41) is 0.478. The minimum absolute atomic E-state index is 0.248. The Bertz CT molecular complexity index is 326. The summed E-state index contributed by atoms with van der Waals surface area (Å²) in [4.78, 5) is 1.07. The number of hydrogen-bond acceptors (Lipinski definition) is 2. The number of alkyl halides is 2. The zero-order valence-electron chi connectivity index (χ0n) is 8.96. The predicted octanol–water partition coefficient (Wildman–Crippen LogP) is 4.10. The van der Waals surface area contributed by atoms with E-state index in [4.69, 9.17) is 0 Å². The van der Waals surface area contributed by atoms with Crippen molar-refractivity contribution in [3.8, 4) is 5.75 Å². The van der Waals surface area contributed by atoms with Gasteiger partial charge in [0.05, 0.1) is 0 Å². The Morgan fingerprint density at radius 1 is 1.27 bits per heavy atom. The highest BCUT2D eigenvalue weighted by Crippen LogP contribution is 2.28. The molecule has 0 unspecified atom stereocenters. The van der Waals surface area contributed by atoms with Crippen LogP contribution in [0.2, 0.25) is 0 Å². The third kappa shape index (κ3) is 4.08. The number of benzene rings is 1. The average Bonchev–Trinajstić information content (AvgIpc) is 2.08. The van der Waals surface area contributed by atoms with E-state index < -0.39 is 6.61 Å². The first-order valence-corrected chi connectivity index (χ1v) is 5.59. The van der Waals surface area contributed by atoms with Crippen LogP contribution >= 0.6 is 11.8 Å². The lowest BCUT2D eigenvalue weighted by molar-refractivity contribution is -0.0503. The minimum Gasteiger partial charge on any atom is -0.435 e. The second-order valence-electron chi connectivity index (χ2n) is 3.47. The van der Waals surface area contributed by atoms with E-state index >= 15 is 0 Å². The Balaban J connectivity index is 2.78. The van der Waals surface area contributed by atoms with Crippen LogP contribution in [0.4, 0.5) is 8.78 Å². The predicted molar refractivity (Wildman–Crippen MR) is 58.8 cm³/mol. The van der Waals surface area contributed by atoms with Crippen LogP contribution in [0.25, 0.3) is 0 Å². The van der Waals surface area contributed by atoms with Crippen LogP contribution in [0, 0.1) is 6.92 Å². The molecule has 0 saturated carbocycles. The van der Waals surface area contributed by atoms with E-state index in [-0.39, 0.29) is 5.75 Å². The monoisotopic (exact) mass is 232 g/mol. The van der Waals surface area contributed by atoms with Gasteiger partial charge in [0.25, 0.3) is 0 Å². The molecule has 0 aliphatic heterocycles. The van der Waals surface area contributed by atoms with Gasteiger partial charge in [-0.25, -0.2) is 0 Å². The molecule has 0 amide bonds. The summed E-state index contributed by atoms with van der Waals surface area (Å²) in [6, 6.07) is 5.25. The second kappa shape index (κ2) is 5.35. The normalized spacial score (nSPS) is 11.1. The van der Waals surface area contributed by atoms with Crippen molar-refractivity contribution in [1.29, 1.82) is 0 Å². The molecule has 84 valence electrons. The van der Waals surface area contributed by atoms with Crippen LogP contribution in [0.3, 0.4) is 0 Å². The Hall–Kier alpha value is -0.770. The minimum atomic E-state index is -2.76. The van der Waals surface area contributed by atoms with Crippen molar-refractivity contribution in [3.05, 3.63) is 23.8 Å². The molecule has 0 N–H and O–H groups in total. The first-order chi connectivity index (χ1) is 6.99. The fourth-order valence-corrected chi connectivity index (χ4v) is 2.13. The van der Waals surface area contributed by atoms with Crippen LogP contribution in [-0.2, 0) is 0 Å². The molecule has 1 rings (SSSR count). The first-order valence-electron chi connectivity index (χ1n) is 4.71. The molecule has 0 fully saturated rings. The maximum absolute atomic E-state index is 12.0. The lowest BCUT2D eigenvalue weighted by atomic mass is 10.2. The Kier molecular flexibility index (Phi) is 4.39. The molecule has 0 radical (unpaired) electrons. The van der Waals surface area contributed by atoms with E-state index in [1.807, 2.05) is 6.07 Å². The van der Waals surface area contributed by atoms with Crippen LogP contribution < -0.4 is 4.74 Å². The molecule has 0 aromatic heterocycles. The molecular formula is C11H14F2OS.